The highest BCUT2D eigenvalue weighted by molar-refractivity contribution is 14.1. The van der Waals surface area contributed by atoms with Crippen LogP contribution < -0.4 is 11.1 Å². The maximum Gasteiger partial charge on any atom is 0.153 e. The minimum atomic E-state index is 0.454. The lowest BCUT2D eigenvalue weighted by molar-refractivity contribution is 1.29. The van der Waals surface area contributed by atoms with Crippen LogP contribution in [-0.4, -0.2) is 4.98 Å². The zero-order valence-electron chi connectivity index (χ0n) is 8.81. The molecular weight excluding hydrogens is 327 g/mol. The largest absolute Gasteiger partial charge is 0.396 e. The van der Waals surface area contributed by atoms with Crippen molar-refractivity contribution in [3.63, 3.8) is 0 Å². The summed E-state index contributed by atoms with van der Waals surface area (Å²) in [7, 11) is 0. The summed E-state index contributed by atoms with van der Waals surface area (Å²) in [4.78, 5) is 4.12. The molecule has 0 saturated carbocycles. The molecule has 1 aromatic heterocycles. The van der Waals surface area contributed by atoms with Gasteiger partial charge in [-0.3, -0.25) is 0 Å². The van der Waals surface area contributed by atoms with E-state index in [-0.39, 0.29) is 0 Å². The Morgan fingerprint density at radius 2 is 2.12 bits per heavy atom. The van der Waals surface area contributed by atoms with Gasteiger partial charge in [0.2, 0.25) is 0 Å². The first-order valence-electron chi connectivity index (χ1n) is 4.88. The van der Waals surface area contributed by atoms with Crippen LogP contribution in [0.5, 0.6) is 0 Å². The molecule has 5 heteroatoms. The number of nitrogens with one attached hydrogen (secondary N) is 1. The fraction of sp³-hybridized carbons (Fsp3) is 0. The molecule has 0 unspecified atom stereocenters. The first-order chi connectivity index (χ1) is 8.20. The first kappa shape index (κ1) is 11.7. The van der Waals surface area contributed by atoms with Crippen molar-refractivity contribution in [2.75, 3.05) is 11.1 Å². The van der Waals surface area contributed by atoms with Crippen LogP contribution in [0.4, 0.5) is 17.2 Å². The maximum atomic E-state index is 8.72. The topological polar surface area (TPSA) is 74.7 Å². The normalized spacial score (nSPS) is 9.65. The van der Waals surface area contributed by atoms with E-state index in [9.17, 15) is 0 Å². The second kappa shape index (κ2) is 5.01. The second-order valence-corrected chi connectivity index (χ2v) is 4.54. The highest BCUT2D eigenvalue weighted by atomic mass is 127. The maximum absolute atomic E-state index is 8.72. The lowest BCUT2D eigenvalue weighted by atomic mass is 10.2. The van der Waals surface area contributed by atoms with Gasteiger partial charge in [-0.2, -0.15) is 5.26 Å². The van der Waals surface area contributed by atoms with Gasteiger partial charge in [0.1, 0.15) is 6.07 Å². The number of para-hydroxylation sites is 1. The molecule has 2 rings (SSSR count). The number of nitriles is 1. The van der Waals surface area contributed by atoms with E-state index < -0.39 is 0 Å². The van der Waals surface area contributed by atoms with Crippen LogP contribution in [0.1, 0.15) is 5.56 Å². The third-order valence-electron chi connectivity index (χ3n) is 2.17. The van der Waals surface area contributed by atoms with Crippen molar-refractivity contribution < 1.29 is 0 Å². The Balaban J connectivity index is 2.32. The van der Waals surface area contributed by atoms with Gasteiger partial charge in [-0.15, -0.1) is 0 Å². The summed E-state index contributed by atoms with van der Waals surface area (Å²) >= 11 is 2.23. The summed E-state index contributed by atoms with van der Waals surface area (Å²) in [6, 6.07) is 11.4. The van der Waals surface area contributed by atoms with Gasteiger partial charge in [0.15, 0.2) is 5.82 Å². The molecule has 3 N–H and O–H groups in total. The summed E-state index contributed by atoms with van der Waals surface area (Å²) in [5, 5.41) is 11.9. The zero-order valence-corrected chi connectivity index (χ0v) is 11.0. The summed E-state index contributed by atoms with van der Waals surface area (Å²) in [6.07, 6.45) is 1.49. The number of nitrogens with zero attached hydrogens (tertiary/aromatic N) is 2. The molecule has 0 aliphatic heterocycles. The average molecular weight is 336 g/mol. The molecule has 0 spiro atoms. The van der Waals surface area contributed by atoms with Gasteiger partial charge in [0.25, 0.3) is 0 Å². The van der Waals surface area contributed by atoms with Crippen molar-refractivity contribution in [1.29, 1.82) is 5.26 Å². The van der Waals surface area contributed by atoms with Gasteiger partial charge in [-0.05, 0) is 40.8 Å². The van der Waals surface area contributed by atoms with Crippen LogP contribution in [0.25, 0.3) is 0 Å². The first-order valence-corrected chi connectivity index (χ1v) is 5.96. The number of nitrogens with two attached hydrogens (primary N) is 1. The van der Waals surface area contributed by atoms with E-state index in [1.54, 1.807) is 6.07 Å². The van der Waals surface area contributed by atoms with E-state index in [1.807, 2.05) is 30.3 Å². The molecule has 0 radical (unpaired) electrons. The molecule has 0 atom stereocenters. The predicted molar refractivity (Wildman–Crippen MR) is 75.8 cm³/mol. The van der Waals surface area contributed by atoms with Crippen molar-refractivity contribution in [1.82, 2.24) is 4.98 Å². The quantitative estimate of drug-likeness (QED) is 0.827. The number of hydrogen-bond donors (Lipinski definition) is 2. The molecule has 0 bridgehead atoms. The zero-order chi connectivity index (χ0) is 12.3. The number of hydrogen-bond acceptors (Lipinski definition) is 4. The van der Waals surface area contributed by atoms with Crippen molar-refractivity contribution >= 4 is 39.8 Å². The van der Waals surface area contributed by atoms with Gasteiger partial charge >= 0.3 is 0 Å². The van der Waals surface area contributed by atoms with Crippen LogP contribution in [0.2, 0.25) is 0 Å². The lowest BCUT2D eigenvalue weighted by Crippen LogP contribution is -2.00. The summed E-state index contributed by atoms with van der Waals surface area (Å²) in [6.45, 7) is 0. The van der Waals surface area contributed by atoms with Crippen LogP contribution in [0.15, 0.2) is 36.5 Å². The molecule has 4 nitrogen and oxygen atoms in total. The van der Waals surface area contributed by atoms with E-state index in [0.29, 0.717) is 17.1 Å². The van der Waals surface area contributed by atoms with E-state index in [0.717, 1.165) is 9.26 Å². The van der Waals surface area contributed by atoms with Crippen LogP contribution in [-0.2, 0) is 0 Å². The Hall–Kier alpha value is -1.81. The molecule has 0 aliphatic carbocycles. The molecule has 2 aromatic rings. The Morgan fingerprint density at radius 1 is 1.35 bits per heavy atom. The van der Waals surface area contributed by atoms with Crippen LogP contribution in [0.3, 0.4) is 0 Å². The van der Waals surface area contributed by atoms with E-state index in [4.69, 9.17) is 11.0 Å². The van der Waals surface area contributed by atoms with Gasteiger partial charge in [-0.25, -0.2) is 4.98 Å². The van der Waals surface area contributed by atoms with E-state index in [2.05, 4.69) is 32.9 Å². The third kappa shape index (κ3) is 2.65. The number of rotatable bonds is 2. The van der Waals surface area contributed by atoms with Crippen molar-refractivity contribution in [3.05, 3.63) is 45.7 Å². The minimum absolute atomic E-state index is 0.454. The van der Waals surface area contributed by atoms with Gasteiger partial charge in [0.05, 0.1) is 16.9 Å². The Kier molecular flexibility index (Phi) is 3.44. The van der Waals surface area contributed by atoms with Gasteiger partial charge in [-0.1, -0.05) is 12.1 Å². The molecule has 17 heavy (non-hydrogen) atoms. The highest BCUT2D eigenvalue weighted by Gasteiger charge is 2.04. The second-order valence-electron chi connectivity index (χ2n) is 3.38. The monoisotopic (exact) mass is 336 g/mol. The smallest absolute Gasteiger partial charge is 0.153 e. The Labute approximate surface area is 113 Å². The summed E-state index contributed by atoms with van der Waals surface area (Å²) in [5.74, 6) is 0.563. The van der Waals surface area contributed by atoms with Crippen LogP contribution in [0, 0.1) is 14.9 Å². The number of anilines is 3. The van der Waals surface area contributed by atoms with Crippen molar-refractivity contribution in [2.24, 2.45) is 0 Å². The number of halogens is 1. The Morgan fingerprint density at radius 3 is 2.76 bits per heavy atom. The van der Waals surface area contributed by atoms with Crippen molar-refractivity contribution in [3.8, 4) is 6.07 Å². The lowest BCUT2D eigenvalue weighted by Gasteiger charge is -2.09. The standard InChI is InChI=1S/C12H9IN4/c13-9-3-1-2-4-11(9)17-12-10(15)5-8(6-14)7-16-12/h1-5,7H,15H2,(H,16,17). The highest BCUT2D eigenvalue weighted by Crippen LogP contribution is 2.24. The molecular formula is C12H9IN4. The van der Waals surface area contributed by atoms with Crippen LogP contribution >= 0.6 is 22.6 Å². The van der Waals surface area contributed by atoms with E-state index >= 15 is 0 Å². The Bertz CT molecular complexity index is 589. The number of aromatic nitrogens is 1. The molecule has 84 valence electrons. The van der Waals surface area contributed by atoms with Gasteiger partial charge in [0, 0.05) is 9.77 Å². The van der Waals surface area contributed by atoms with Gasteiger partial charge < -0.3 is 11.1 Å². The molecule has 1 heterocycles. The number of pyridine rings is 1. The molecule has 0 saturated heterocycles. The fourth-order valence-electron chi connectivity index (χ4n) is 1.34. The molecule has 0 amide bonds. The molecule has 1 aromatic carbocycles. The molecule has 0 fully saturated rings. The van der Waals surface area contributed by atoms with E-state index in [1.165, 1.54) is 6.20 Å². The average Bonchev–Trinajstić information content (AvgIpc) is 2.34. The predicted octanol–water partition coefficient (Wildman–Crippen LogP) is 2.88. The van der Waals surface area contributed by atoms with Crippen molar-refractivity contribution in [2.45, 2.75) is 0 Å². The third-order valence-corrected chi connectivity index (χ3v) is 3.11. The molecule has 0 aliphatic rings. The number of nitrogen functional groups attached to an aromatic ring is 1. The number of benzene rings is 1. The SMILES string of the molecule is N#Cc1cnc(Nc2ccccc2I)c(N)c1. The summed E-state index contributed by atoms with van der Waals surface area (Å²) in [5.41, 5.74) is 7.67. The summed E-state index contributed by atoms with van der Waals surface area (Å²) < 4.78 is 1.08. The fourth-order valence-corrected chi connectivity index (χ4v) is 1.86. The minimum Gasteiger partial charge on any atom is -0.396 e.